The molecule has 1 aliphatic rings. The number of ether oxygens (including phenoxy) is 1. The molecule has 5 nitrogen and oxygen atoms in total. The first kappa shape index (κ1) is 19.3. The van der Waals surface area contributed by atoms with Gasteiger partial charge in [-0.1, -0.05) is 18.2 Å². The first-order valence-corrected chi connectivity index (χ1v) is 9.17. The number of methoxy groups -OCH3 is 1. The van der Waals surface area contributed by atoms with Crippen molar-refractivity contribution in [2.45, 2.75) is 6.04 Å². The van der Waals surface area contributed by atoms with E-state index in [9.17, 15) is 9.18 Å². The molecular formula is C21H26FN3O2. The van der Waals surface area contributed by atoms with Crippen molar-refractivity contribution < 1.29 is 13.9 Å². The molecular weight excluding hydrogens is 345 g/mol. The van der Waals surface area contributed by atoms with Gasteiger partial charge in [0, 0.05) is 38.3 Å². The lowest BCUT2D eigenvalue weighted by atomic mass is 10.0. The Hall–Kier alpha value is -2.44. The number of carbonyl (C=O) groups excluding carboxylic acids is 1. The van der Waals surface area contributed by atoms with Crippen LogP contribution in [0.1, 0.15) is 22.0 Å². The van der Waals surface area contributed by atoms with E-state index < -0.39 is 0 Å². The zero-order valence-corrected chi connectivity index (χ0v) is 15.8. The predicted molar refractivity (Wildman–Crippen MR) is 104 cm³/mol. The molecule has 0 spiro atoms. The number of amides is 1. The van der Waals surface area contributed by atoms with Crippen LogP contribution in [0.3, 0.4) is 0 Å². The third-order valence-corrected chi connectivity index (χ3v) is 5.02. The van der Waals surface area contributed by atoms with Crippen LogP contribution >= 0.6 is 0 Å². The topological polar surface area (TPSA) is 44.8 Å². The molecule has 6 heteroatoms. The third-order valence-electron chi connectivity index (χ3n) is 5.02. The molecule has 1 fully saturated rings. The summed E-state index contributed by atoms with van der Waals surface area (Å²) in [5, 5.41) is 3.03. The number of piperazine rings is 1. The van der Waals surface area contributed by atoms with Gasteiger partial charge in [0.15, 0.2) is 0 Å². The maximum absolute atomic E-state index is 13.3. The lowest BCUT2D eigenvalue weighted by Gasteiger charge is -2.38. The molecule has 2 aromatic rings. The standard InChI is InChI=1S/C21H26FN3O2/c1-24-10-12-25(13-11-24)20(16-6-8-18(22)9-7-16)15-23-21(26)17-4-3-5-19(14-17)27-2/h3-9,14,20H,10-13,15H2,1-2H3,(H,23,26). The molecule has 1 atom stereocenters. The van der Waals surface area contributed by atoms with Crippen molar-refractivity contribution in [3.8, 4) is 5.75 Å². The number of halogens is 1. The maximum Gasteiger partial charge on any atom is 0.251 e. The van der Waals surface area contributed by atoms with Gasteiger partial charge in [0.25, 0.3) is 5.91 Å². The van der Waals surface area contributed by atoms with Crippen LogP contribution in [0, 0.1) is 5.82 Å². The van der Waals surface area contributed by atoms with Gasteiger partial charge in [-0.2, -0.15) is 0 Å². The average molecular weight is 371 g/mol. The van der Waals surface area contributed by atoms with Crippen molar-refractivity contribution in [2.24, 2.45) is 0 Å². The summed E-state index contributed by atoms with van der Waals surface area (Å²) in [5.41, 5.74) is 1.57. The zero-order valence-electron chi connectivity index (χ0n) is 15.8. The minimum Gasteiger partial charge on any atom is -0.497 e. The van der Waals surface area contributed by atoms with E-state index >= 15 is 0 Å². The van der Waals surface area contributed by atoms with Crippen molar-refractivity contribution in [1.82, 2.24) is 15.1 Å². The molecule has 144 valence electrons. The van der Waals surface area contributed by atoms with Crippen molar-refractivity contribution in [3.63, 3.8) is 0 Å². The van der Waals surface area contributed by atoms with Crippen LogP contribution in [-0.4, -0.2) is 62.6 Å². The van der Waals surface area contributed by atoms with E-state index in [1.165, 1.54) is 12.1 Å². The molecule has 0 saturated carbocycles. The summed E-state index contributed by atoms with van der Waals surface area (Å²) in [6, 6.07) is 13.7. The summed E-state index contributed by atoms with van der Waals surface area (Å²) < 4.78 is 18.5. The van der Waals surface area contributed by atoms with Crippen LogP contribution in [0.15, 0.2) is 48.5 Å². The smallest absolute Gasteiger partial charge is 0.251 e. The Morgan fingerprint density at radius 2 is 1.85 bits per heavy atom. The minimum atomic E-state index is -0.253. The number of nitrogens with zero attached hydrogens (tertiary/aromatic N) is 2. The molecule has 0 bridgehead atoms. The molecule has 3 rings (SSSR count). The van der Waals surface area contributed by atoms with E-state index in [-0.39, 0.29) is 17.8 Å². The fourth-order valence-corrected chi connectivity index (χ4v) is 3.33. The maximum atomic E-state index is 13.3. The molecule has 2 aromatic carbocycles. The van der Waals surface area contributed by atoms with Crippen molar-refractivity contribution in [1.29, 1.82) is 0 Å². The van der Waals surface area contributed by atoms with Crippen LogP contribution in [0.2, 0.25) is 0 Å². The van der Waals surface area contributed by atoms with Crippen molar-refractivity contribution in [2.75, 3.05) is 46.9 Å². The number of hydrogen-bond acceptors (Lipinski definition) is 4. The van der Waals surface area contributed by atoms with E-state index in [1.54, 1.807) is 37.4 Å². The van der Waals surface area contributed by atoms with E-state index in [2.05, 4.69) is 22.2 Å². The number of likely N-dealkylation sites (N-methyl/N-ethyl adjacent to an activating group) is 1. The molecule has 1 saturated heterocycles. The van der Waals surface area contributed by atoms with Gasteiger partial charge in [0.05, 0.1) is 13.2 Å². The highest BCUT2D eigenvalue weighted by Gasteiger charge is 2.24. The van der Waals surface area contributed by atoms with Gasteiger partial charge >= 0.3 is 0 Å². The number of carbonyl (C=O) groups is 1. The Morgan fingerprint density at radius 1 is 1.15 bits per heavy atom. The second kappa shape index (κ2) is 8.97. The lowest BCUT2D eigenvalue weighted by molar-refractivity contribution is 0.0886. The molecule has 0 radical (unpaired) electrons. The number of nitrogens with one attached hydrogen (secondary N) is 1. The van der Waals surface area contributed by atoms with Gasteiger partial charge in [-0.3, -0.25) is 9.69 Å². The Kier molecular flexibility index (Phi) is 6.42. The zero-order chi connectivity index (χ0) is 19.2. The number of benzene rings is 2. The predicted octanol–water partition coefficient (Wildman–Crippen LogP) is 2.55. The van der Waals surface area contributed by atoms with Crippen molar-refractivity contribution in [3.05, 3.63) is 65.5 Å². The highest BCUT2D eigenvalue weighted by atomic mass is 19.1. The number of rotatable bonds is 6. The molecule has 1 unspecified atom stereocenters. The van der Waals surface area contributed by atoms with E-state index in [4.69, 9.17) is 4.74 Å². The van der Waals surface area contributed by atoms with Crippen LogP contribution in [-0.2, 0) is 0 Å². The molecule has 0 aromatic heterocycles. The van der Waals surface area contributed by atoms with Gasteiger partial charge < -0.3 is 15.0 Å². The SMILES string of the molecule is COc1cccc(C(=O)NCC(c2ccc(F)cc2)N2CCN(C)CC2)c1. The first-order valence-electron chi connectivity index (χ1n) is 9.17. The summed E-state index contributed by atoms with van der Waals surface area (Å²) in [6.45, 7) is 4.23. The second-order valence-corrected chi connectivity index (χ2v) is 6.85. The summed E-state index contributed by atoms with van der Waals surface area (Å²) in [4.78, 5) is 17.2. The summed E-state index contributed by atoms with van der Waals surface area (Å²) >= 11 is 0. The Labute approximate surface area is 159 Å². The molecule has 1 N–H and O–H groups in total. The second-order valence-electron chi connectivity index (χ2n) is 6.85. The average Bonchev–Trinajstić information content (AvgIpc) is 2.70. The van der Waals surface area contributed by atoms with E-state index in [0.29, 0.717) is 17.9 Å². The van der Waals surface area contributed by atoms with Crippen LogP contribution in [0.4, 0.5) is 4.39 Å². The van der Waals surface area contributed by atoms with Gasteiger partial charge in [0.2, 0.25) is 0 Å². The van der Waals surface area contributed by atoms with E-state index in [0.717, 1.165) is 31.7 Å². The molecule has 1 amide bonds. The normalized spacial score (nSPS) is 16.7. The molecule has 27 heavy (non-hydrogen) atoms. The molecule has 1 heterocycles. The molecule has 1 aliphatic heterocycles. The summed E-state index contributed by atoms with van der Waals surface area (Å²) in [5.74, 6) is 0.253. The van der Waals surface area contributed by atoms with Crippen LogP contribution in [0.25, 0.3) is 0 Å². The Bertz CT molecular complexity index is 758. The van der Waals surface area contributed by atoms with Gasteiger partial charge in [-0.15, -0.1) is 0 Å². The first-order chi connectivity index (χ1) is 13.1. The van der Waals surface area contributed by atoms with Crippen LogP contribution < -0.4 is 10.1 Å². The third kappa shape index (κ3) is 5.05. The van der Waals surface area contributed by atoms with Gasteiger partial charge in [0.1, 0.15) is 11.6 Å². The minimum absolute atomic E-state index is 0.00820. The Balaban J connectivity index is 1.72. The molecule has 0 aliphatic carbocycles. The number of hydrogen-bond donors (Lipinski definition) is 1. The fourth-order valence-electron chi connectivity index (χ4n) is 3.33. The monoisotopic (exact) mass is 371 g/mol. The quantitative estimate of drug-likeness (QED) is 0.848. The summed E-state index contributed by atoms with van der Waals surface area (Å²) in [6.07, 6.45) is 0. The lowest BCUT2D eigenvalue weighted by Crippen LogP contribution is -2.48. The van der Waals surface area contributed by atoms with E-state index in [1.807, 2.05) is 6.07 Å². The fraction of sp³-hybridized carbons (Fsp3) is 0.381. The Morgan fingerprint density at radius 3 is 2.52 bits per heavy atom. The van der Waals surface area contributed by atoms with Crippen LogP contribution in [0.5, 0.6) is 5.75 Å². The highest BCUT2D eigenvalue weighted by molar-refractivity contribution is 5.94. The van der Waals surface area contributed by atoms with Gasteiger partial charge in [-0.05, 0) is 42.9 Å². The van der Waals surface area contributed by atoms with Crippen molar-refractivity contribution >= 4 is 5.91 Å². The summed E-state index contributed by atoms with van der Waals surface area (Å²) in [7, 11) is 3.68. The van der Waals surface area contributed by atoms with Gasteiger partial charge in [-0.25, -0.2) is 4.39 Å². The largest absolute Gasteiger partial charge is 0.497 e. The highest BCUT2D eigenvalue weighted by Crippen LogP contribution is 2.22.